The first-order valence-corrected chi connectivity index (χ1v) is 5.62. The Morgan fingerprint density at radius 2 is 1.84 bits per heavy atom. The van der Waals surface area contributed by atoms with E-state index in [1.165, 1.54) is 12.1 Å². The molecule has 0 aliphatic carbocycles. The summed E-state index contributed by atoms with van der Waals surface area (Å²) in [6.45, 7) is -2.00. The van der Waals surface area contributed by atoms with Crippen molar-refractivity contribution in [1.82, 2.24) is 9.47 Å². The number of hydrogen-bond acceptors (Lipinski definition) is 3. The number of carbonyl (C=O) groups is 1. The molecule has 1 heterocycles. The second-order valence-corrected chi connectivity index (χ2v) is 3.88. The smallest absolute Gasteiger partial charge is 0.395 e. The second-order valence-electron chi connectivity index (χ2n) is 3.88. The van der Waals surface area contributed by atoms with E-state index in [1.54, 1.807) is 0 Å². The van der Waals surface area contributed by atoms with Gasteiger partial charge in [-0.05, 0) is 12.1 Å². The highest BCUT2D eigenvalue weighted by Gasteiger charge is 2.30. The standard InChI is InChI=1S/C11H15F3N2O3/c12-11(13,14)8-16-3-1-2-9(16)10(19)15(4-6-17)5-7-18/h1-3,17-18H,4-8H2. The molecule has 0 aliphatic heterocycles. The van der Waals surface area contributed by atoms with E-state index in [0.717, 1.165) is 15.7 Å². The molecule has 1 aromatic heterocycles. The van der Waals surface area contributed by atoms with Crippen molar-refractivity contribution < 1.29 is 28.2 Å². The van der Waals surface area contributed by atoms with Gasteiger partial charge in [-0.2, -0.15) is 13.2 Å². The number of rotatable bonds is 6. The van der Waals surface area contributed by atoms with Crippen molar-refractivity contribution in [2.75, 3.05) is 26.3 Å². The summed E-state index contributed by atoms with van der Waals surface area (Å²) in [7, 11) is 0. The number of halogens is 3. The van der Waals surface area contributed by atoms with E-state index in [0.29, 0.717) is 0 Å². The van der Waals surface area contributed by atoms with Crippen LogP contribution in [0.2, 0.25) is 0 Å². The Kier molecular flexibility index (Phi) is 5.37. The number of aliphatic hydroxyl groups is 2. The maximum Gasteiger partial charge on any atom is 0.406 e. The van der Waals surface area contributed by atoms with Gasteiger partial charge in [0.1, 0.15) is 12.2 Å². The monoisotopic (exact) mass is 280 g/mol. The van der Waals surface area contributed by atoms with Crippen LogP contribution in [0.3, 0.4) is 0 Å². The Labute approximate surface area is 107 Å². The Hall–Kier alpha value is -1.54. The number of carbonyl (C=O) groups excluding carboxylic acids is 1. The van der Waals surface area contributed by atoms with Crippen molar-refractivity contribution >= 4 is 5.91 Å². The summed E-state index contributed by atoms with van der Waals surface area (Å²) in [6.07, 6.45) is -3.26. The van der Waals surface area contributed by atoms with Gasteiger partial charge in [0.25, 0.3) is 5.91 Å². The molecule has 0 fully saturated rings. The lowest BCUT2D eigenvalue weighted by molar-refractivity contribution is -0.140. The van der Waals surface area contributed by atoms with E-state index in [2.05, 4.69) is 0 Å². The van der Waals surface area contributed by atoms with Gasteiger partial charge in [0.05, 0.1) is 13.2 Å². The summed E-state index contributed by atoms with van der Waals surface area (Å²) >= 11 is 0. The van der Waals surface area contributed by atoms with Gasteiger partial charge in [-0.3, -0.25) is 4.79 Å². The fraction of sp³-hybridized carbons (Fsp3) is 0.545. The average molecular weight is 280 g/mol. The van der Waals surface area contributed by atoms with Gasteiger partial charge in [-0.1, -0.05) is 0 Å². The molecule has 0 spiro atoms. The first kappa shape index (κ1) is 15.5. The zero-order valence-electron chi connectivity index (χ0n) is 10.1. The molecule has 1 amide bonds. The van der Waals surface area contributed by atoms with Crippen LogP contribution >= 0.6 is 0 Å². The minimum atomic E-state index is -4.42. The van der Waals surface area contributed by atoms with E-state index >= 15 is 0 Å². The summed E-state index contributed by atoms with van der Waals surface area (Å²) < 4.78 is 37.8. The molecular formula is C11H15F3N2O3. The molecule has 5 nitrogen and oxygen atoms in total. The molecule has 0 saturated heterocycles. The van der Waals surface area contributed by atoms with Gasteiger partial charge in [0.15, 0.2) is 0 Å². The fourth-order valence-electron chi connectivity index (χ4n) is 1.66. The van der Waals surface area contributed by atoms with Crippen LogP contribution in [0.1, 0.15) is 10.5 Å². The summed E-state index contributed by atoms with van der Waals surface area (Å²) in [5.41, 5.74) is -0.126. The zero-order chi connectivity index (χ0) is 14.5. The molecule has 108 valence electrons. The molecule has 0 radical (unpaired) electrons. The van der Waals surface area contributed by atoms with Crippen LogP contribution in [0.4, 0.5) is 13.2 Å². The molecule has 0 unspecified atom stereocenters. The van der Waals surface area contributed by atoms with Crippen molar-refractivity contribution in [2.45, 2.75) is 12.7 Å². The third-order valence-electron chi connectivity index (χ3n) is 2.43. The highest BCUT2D eigenvalue weighted by molar-refractivity contribution is 5.92. The van der Waals surface area contributed by atoms with Crippen molar-refractivity contribution in [2.24, 2.45) is 0 Å². The largest absolute Gasteiger partial charge is 0.406 e. The number of aromatic nitrogens is 1. The van der Waals surface area contributed by atoms with Crippen LogP contribution in [0.5, 0.6) is 0 Å². The Bertz CT molecular complexity index is 412. The van der Waals surface area contributed by atoms with Crippen molar-refractivity contribution in [3.63, 3.8) is 0 Å². The van der Waals surface area contributed by atoms with Gasteiger partial charge in [-0.25, -0.2) is 0 Å². The van der Waals surface area contributed by atoms with E-state index in [9.17, 15) is 18.0 Å². The van der Waals surface area contributed by atoms with E-state index in [-0.39, 0.29) is 32.0 Å². The normalized spacial score (nSPS) is 11.6. The molecule has 2 N–H and O–H groups in total. The summed E-state index contributed by atoms with van der Waals surface area (Å²) in [4.78, 5) is 13.1. The quantitative estimate of drug-likeness (QED) is 0.796. The molecule has 0 aliphatic rings. The molecule has 0 aromatic carbocycles. The zero-order valence-corrected chi connectivity index (χ0v) is 10.1. The number of alkyl halides is 3. The van der Waals surface area contributed by atoms with Gasteiger partial charge in [-0.15, -0.1) is 0 Å². The maximum atomic E-state index is 12.3. The van der Waals surface area contributed by atoms with Crippen molar-refractivity contribution in [3.05, 3.63) is 24.0 Å². The summed E-state index contributed by atoms with van der Waals surface area (Å²) in [5, 5.41) is 17.6. The van der Waals surface area contributed by atoms with Crippen molar-refractivity contribution in [3.8, 4) is 0 Å². The van der Waals surface area contributed by atoms with Crippen molar-refractivity contribution in [1.29, 1.82) is 0 Å². The second kappa shape index (κ2) is 6.58. The number of hydrogen-bond donors (Lipinski definition) is 2. The predicted molar refractivity (Wildman–Crippen MR) is 60.6 cm³/mol. The van der Waals surface area contributed by atoms with Crippen LogP contribution in [0, 0.1) is 0 Å². The average Bonchev–Trinajstić information content (AvgIpc) is 2.73. The topological polar surface area (TPSA) is 65.7 Å². The Balaban J connectivity index is 2.89. The molecule has 0 saturated carbocycles. The van der Waals surface area contributed by atoms with Crippen LogP contribution in [-0.4, -0.2) is 58.1 Å². The number of amides is 1. The van der Waals surface area contributed by atoms with Gasteiger partial charge in [0.2, 0.25) is 0 Å². The maximum absolute atomic E-state index is 12.3. The molecule has 19 heavy (non-hydrogen) atoms. The number of aliphatic hydroxyl groups excluding tert-OH is 2. The lowest BCUT2D eigenvalue weighted by Gasteiger charge is -2.21. The van der Waals surface area contributed by atoms with Gasteiger partial charge in [0, 0.05) is 19.3 Å². The van der Waals surface area contributed by atoms with E-state index in [4.69, 9.17) is 10.2 Å². The Morgan fingerprint density at radius 3 is 2.32 bits per heavy atom. The lowest BCUT2D eigenvalue weighted by Crippen LogP contribution is -2.37. The number of nitrogens with zero attached hydrogens (tertiary/aromatic N) is 2. The molecule has 1 aromatic rings. The highest BCUT2D eigenvalue weighted by Crippen LogP contribution is 2.19. The Morgan fingerprint density at radius 1 is 1.26 bits per heavy atom. The molecular weight excluding hydrogens is 265 g/mol. The van der Waals surface area contributed by atoms with Crippen LogP contribution < -0.4 is 0 Å². The highest BCUT2D eigenvalue weighted by atomic mass is 19.4. The third-order valence-corrected chi connectivity index (χ3v) is 2.43. The van der Waals surface area contributed by atoms with Crippen LogP contribution in [-0.2, 0) is 6.54 Å². The molecule has 8 heteroatoms. The summed E-state index contributed by atoms with van der Waals surface area (Å²) in [5.74, 6) is -0.655. The SMILES string of the molecule is O=C(c1cccn1CC(F)(F)F)N(CCO)CCO. The summed E-state index contributed by atoms with van der Waals surface area (Å²) in [6, 6.07) is 2.62. The van der Waals surface area contributed by atoms with Gasteiger partial charge >= 0.3 is 6.18 Å². The fourth-order valence-corrected chi connectivity index (χ4v) is 1.66. The van der Waals surface area contributed by atoms with Gasteiger partial charge < -0.3 is 19.7 Å². The predicted octanol–water partition coefficient (Wildman–Crippen LogP) is 0.477. The molecule has 0 atom stereocenters. The molecule has 1 rings (SSSR count). The van der Waals surface area contributed by atoms with Crippen LogP contribution in [0.15, 0.2) is 18.3 Å². The minimum absolute atomic E-state index is 0.0450. The third kappa shape index (κ3) is 4.56. The van der Waals surface area contributed by atoms with Crippen LogP contribution in [0.25, 0.3) is 0 Å². The lowest BCUT2D eigenvalue weighted by atomic mass is 10.3. The molecule has 0 bridgehead atoms. The minimum Gasteiger partial charge on any atom is -0.395 e. The first-order valence-electron chi connectivity index (χ1n) is 5.62. The first-order chi connectivity index (χ1) is 8.89. The van der Waals surface area contributed by atoms with E-state index < -0.39 is 18.6 Å². The van der Waals surface area contributed by atoms with E-state index in [1.807, 2.05) is 0 Å².